The fourth-order valence-corrected chi connectivity index (χ4v) is 1.09. The van der Waals surface area contributed by atoms with Crippen molar-refractivity contribution in [3.63, 3.8) is 0 Å². The first-order valence-electron chi connectivity index (χ1n) is 3.30. The van der Waals surface area contributed by atoms with Crippen molar-refractivity contribution in [1.29, 1.82) is 0 Å². The molecule has 0 aromatic heterocycles. The standard InChI is InChI=1S/C6H10N2O2/c9-7-5-3-1-2-4-6(5)8-10/h9-10H,1-4H2/b7-5-,8-6-. The second-order valence-electron chi connectivity index (χ2n) is 2.30. The van der Waals surface area contributed by atoms with Crippen LogP contribution >= 0.6 is 0 Å². The summed E-state index contributed by atoms with van der Waals surface area (Å²) in [6.45, 7) is 0. The van der Waals surface area contributed by atoms with Crippen molar-refractivity contribution in [3.05, 3.63) is 0 Å². The van der Waals surface area contributed by atoms with Gasteiger partial charge < -0.3 is 10.4 Å². The highest BCUT2D eigenvalue weighted by Gasteiger charge is 2.15. The van der Waals surface area contributed by atoms with E-state index in [4.69, 9.17) is 10.4 Å². The smallest absolute Gasteiger partial charge is 0.104 e. The SMILES string of the molecule is O/N=C1/CCCC/C1=N/O. The van der Waals surface area contributed by atoms with Gasteiger partial charge in [0.25, 0.3) is 0 Å². The topological polar surface area (TPSA) is 65.2 Å². The molecule has 0 heterocycles. The van der Waals surface area contributed by atoms with Crippen LogP contribution in [0.5, 0.6) is 0 Å². The third-order valence-electron chi connectivity index (χ3n) is 1.65. The van der Waals surface area contributed by atoms with Crippen LogP contribution in [0.1, 0.15) is 25.7 Å². The lowest BCUT2D eigenvalue weighted by Crippen LogP contribution is -2.18. The minimum Gasteiger partial charge on any atom is -0.411 e. The number of rotatable bonds is 0. The lowest BCUT2D eigenvalue weighted by molar-refractivity contribution is 0.310. The molecule has 0 aromatic rings. The van der Waals surface area contributed by atoms with E-state index in [1.54, 1.807) is 0 Å². The lowest BCUT2D eigenvalue weighted by Gasteiger charge is -2.11. The second kappa shape index (κ2) is 3.20. The van der Waals surface area contributed by atoms with Gasteiger partial charge in [0.05, 0.1) is 0 Å². The van der Waals surface area contributed by atoms with Crippen molar-refractivity contribution in [3.8, 4) is 0 Å². The van der Waals surface area contributed by atoms with Gasteiger partial charge in [-0.3, -0.25) is 0 Å². The van der Waals surface area contributed by atoms with Crippen molar-refractivity contribution < 1.29 is 10.4 Å². The molecule has 2 N–H and O–H groups in total. The molecular weight excluding hydrogens is 132 g/mol. The fraction of sp³-hybridized carbons (Fsp3) is 0.667. The van der Waals surface area contributed by atoms with E-state index in [0.29, 0.717) is 11.4 Å². The van der Waals surface area contributed by atoms with E-state index in [-0.39, 0.29) is 0 Å². The Morgan fingerprint density at radius 1 is 0.900 bits per heavy atom. The fourth-order valence-electron chi connectivity index (χ4n) is 1.09. The Labute approximate surface area is 58.8 Å². The highest BCUT2D eigenvalue weighted by atomic mass is 16.4. The summed E-state index contributed by atoms with van der Waals surface area (Å²) in [5, 5.41) is 22.8. The molecule has 1 rings (SSSR count). The first kappa shape index (κ1) is 7.05. The third-order valence-corrected chi connectivity index (χ3v) is 1.65. The van der Waals surface area contributed by atoms with E-state index in [1.807, 2.05) is 0 Å². The maximum absolute atomic E-state index is 8.39. The second-order valence-corrected chi connectivity index (χ2v) is 2.30. The summed E-state index contributed by atoms with van der Waals surface area (Å²) in [7, 11) is 0. The molecule has 56 valence electrons. The molecule has 0 unspecified atom stereocenters. The van der Waals surface area contributed by atoms with Crippen LogP contribution < -0.4 is 0 Å². The molecule has 0 aromatic carbocycles. The number of nitrogens with zero attached hydrogens (tertiary/aromatic N) is 2. The molecule has 4 heteroatoms. The highest BCUT2D eigenvalue weighted by Crippen LogP contribution is 2.12. The average molecular weight is 142 g/mol. The molecule has 0 radical (unpaired) electrons. The van der Waals surface area contributed by atoms with Crippen molar-refractivity contribution in [2.24, 2.45) is 10.3 Å². The van der Waals surface area contributed by atoms with E-state index >= 15 is 0 Å². The van der Waals surface area contributed by atoms with Crippen LogP contribution in [0.2, 0.25) is 0 Å². The van der Waals surface area contributed by atoms with E-state index < -0.39 is 0 Å². The number of oxime groups is 2. The number of hydrogen-bond donors (Lipinski definition) is 2. The van der Waals surface area contributed by atoms with Gasteiger partial charge in [0, 0.05) is 0 Å². The minimum atomic E-state index is 0.522. The Morgan fingerprint density at radius 2 is 1.30 bits per heavy atom. The number of hydrogen-bond acceptors (Lipinski definition) is 4. The van der Waals surface area contributed by atoms with Crippen LogP contribution in [0.4, 0.5) is 0 Å². The normalized spacial score (nSPS) is 27.6. The molecule has 0 saturated heterocycles. The zero-order valence-corrected chi connectivity index (χ0v) is 5.62. The molecule has 0 amide bonds. The van der Waals surface area contributed by atoms with Crippen LogP contribution in [0.15, 0.2) is 10.3 Å². The summed E-state index contributed by atoms with van der Waals surface area (Å²) >= 11 is 0. The molecule has 10 heavy (non-hydrogen) atoms. The first-order valence-corrected chi connectivity index (χ1v) is 3.30. The van der Waals surface area contributed by atoms with Crippen molar-refractivity contribution >= 4 is 11.4 Å². The summed E-state index contributed by atoms with van der Waals surface area (Å²) in [5.41, 5.74) is 1.04. The van der Waals surface area contributed by atoms with Crippen LogP contribution in [-0.2, 0) is 0 Å². The molecular formula is C6H10N2O2. The molecule has 0 aliphatic heterocycles. The van der Waals surface area contributed by atoms with Gasteiger partial charge in [0.15, 0.2) is 0 Å². The van der Waals surface area contributed by atoms with Crippen LogP contribution in [-0.4, -0.2) is 21.8 Å². The Kier molecular flexibility index (Phi) is 2.25. The van der Waals surface area contributed by atoms with Gasteiger partial charge in [0.1, 0.15) is 11.4 Å². The van der Waals surface area contributed by atoms with Gasteiger partial charge in [-0.1, -0.05) is 10.3 Å². The van der Waals surface area contributed by atoms with E-state index in [1.165, 1.54) is 0 Å². The highest BCUT2D eigenvalue weighted by molar-refractivity contribution is 6.42. The average Bonchev–Trinajstić information content (AvgIpc) is 2.04. The summed E-state index contributed by atoms with van der Waals surface area (Å²) in [6, 6.07) is 0. The van der Waals surface area contributed by atoms with E-state index in [9.17, 15) is 0 Å². The van der Waals surface area contributed by atoms with Gasteiger partial charge in [-0.05, 0) is 25.7 Å². The molecule has 1 aliphatic rings. The predicted molar refractivity (Wildman–Crippen MR) is 36.9 cm³/mol. The summed E-state index contributed by atoms with van der Waals surface area (Å²) in [6.07, 6.45) is 3.46. The maximum Gasteiger partial charge on any atom is 0.104 e. The monoisotopic (exact) mass is 142 g/mol. The first-order chi connectivity index (χ1) is 4.88. The van der Waals surface area contributed by atoms with E-state index in [2.05, 4.69) is 10.3 Å². The van der Waals surface area contributed by atoms with Crippen molar-refractivity contribution in [1.82, 2.24) is 0 Å². The molecule has 1 aliphatic carbocycles. The Bertz CT molecular complexity index is 155. The van der Waals surface area contributed by atoms with Gasteiger partial charge in [-0.25, -0.2) is 0 Å². The van der Waals surface area contributed by atoms with Gasteiger partial charge in [-0.2, -0.15) is 0 Å². The van der Waals surface area contributed by atoms with Crippen LogP contribution in [0.25, 0.3) is 0 Å². The molecule has 0 spiro atoms. The maximum atomic E-state index is 8.39. The zero-order chi connectivity index (χ0) is 7.40. The van der Waals surface area contributed by atoms with Crippen molar-refractivity contribution in [2.75, 3.05) is 0 Å². The summed E-state index contributed by atoms with van der Waals surface area (Å²) in [5.74, 6) is 0. The lowest BCUT2D eigenvalue weighted by atomic mass is 9.97. The van der Waals surface area contributed by atoms with Gasteiger partial charge >= 0.3 is 0 Å². The van der Waals surface area contributed by atoms with Crippen molar-refractivity contribution in [2.45, 2.75) is 25.7 Å². The van der Waals surface area contributed by atoms with Crippen LogP contribution in [0.3, 0.4) is 0 Å². The molecule has 1 saturated carbocycles. The Morgan fingerprint density at radius 3 is 1.60 bits per heavy atom. The predicted octanol–water partition coefficient (Wildman–Crippen LogP) is 1.22. The zero-order valence-electron chi connectivity index (χ0n) is 5.62. The largest absolute Gasteiger partial charge is 0.411 e. The molecule has 1 fully saturated rings. The third kappa shape index (κ3) is 1.26. The summed E-state index contributed by atoms with van der Waals surface area (Å²) < 4.78 is 0. The quantitative estimate of drug-likeness (QED) is 0.394. The summed E-state index contributed by atoms with van der Waals surface area (Å²) in [4.78, 5) is 0. The van der Waals surface area contributed by atoms with Gasteiger partial charge in [-0.15, -0.1) is 0 Å². The van der Waals surface area contributed by atoms with E-state index in [0.717, 1.165) is 25.7 Å². The Hall–Kier alpha value is -1.06. The molecule has 0 atom stereocenters. The minimum absolute atomic E-state index is 0.522. The molecule has 0 bridgehead atoms. The molecule has 4 nitrogen and oxygen atoms in total. The van der Waals surface area contributed by atoms with Gasteiger partial charge in [0.2, 0.25) is 0 Å². The Balaban J connectivity index is 2.69. The van der Waals surface area contributed by atoms with Crippen LogP contribution in [0, 0.1) is 0 Å².